The summed E-state index contributed by atoms with van der Waals surface area (Å²) in [5, 5.41) is 0. The van der Waals surface area contributed by atoms with Crippen molar-refractivity contribution in [1.29, 1.82) is 0 Å². The highest BCUT2D eigenvalue weighted by atomic mass is 16.5. The molecule has 1 aliphatic rings. The SMILES string of the molecule is CC(=O)c1ccc(C(C)C)c(OC2CC2)c1. The van der Waals surface area contributed by atoms with Crippen LogP contribution in [-0.4, -0.2) is 11.9 Å². The van der Waals surface area contributed by atoms with E-state index in [4.69, 9.17) is 4.74 Å². The molecule has 2 nitrogen and oxygen atoms in total. The third-order valence-corrected chi connectivity index (χ3v) is 2.86. The Morgan fingerprint density at radius 2 is 2.06 bits per heavy atom. The van der Waals surface area contributed by atoms with Gasteiger partial charge in [-0.3, -0.25) is 4.79 Å². The van der Waals surface area contributed by atoms with E-state index in [0.29, 0.717) is 12.0 Å². The maximum Gasteiger partial charge on any atom is 0.159 e. The number of benzene rings is 1. The first-order valence-corrected chi connectivity index (χ1v) is 5.89. The first kappa shape index (κ1) is 11.2. The van der Waals surface area contributed by atoms with Gasteiger partial charge in [0.15, 0.2) is 5.78 Å². The van der Waals surface area contributed by atoms with E-state index in [0.717, 1.165) is 24.2 Å². The molecule has 86 valence electrons. The molecule has 0 N–H and O–H groups in total. The van der Waals surface area contributed by atoms with Crippen molar-refractivity contribution in [2.75, 3.05) is 0 Å². The highest BCUT2D eigenvalue weighted by molar-refractivity contribution is 5.94. The van der Waals surface area contributed by atoms with Crippen LogP contribution in [0.5, 0.6) is 5.75 Å². The summed E-state index contributed by atoms with van der Waals surface area (Å²) in [4.78, 5) is 11.3. The summed E-state index contributed by atoms with van der Waals surface area (Å²) >= 11 is 0. The van der Waals surface area contributed by atoms with Gasteiger partial charge in [-0.1, -0.05) is 26.0 Å². The second-order valence-electron chi connectivity index (χ2n) is 4.78. The van der Waals surface area contributed by atoms with Gasteiger partial charge in [0.25, 0.3) is 0 Å². The molecule has 2 heteroatoms. The van der Waals surface area contributed by atoms with Crippen LogP contribution < -0.4 is 4.74 Å². The largest absolute Gasteiger partial charge is 0.490 e. The fourth-order valence-electron chi connectivity index (χ4n) is 1.70. The first-order chi connectivity index (χ1) is 7.58. The Labute approximate surface area is 96.6 Å². The van der Waals surface area contributed by atoms with Gasteiger partial charge in [-0.2, -0.15) is 0 Å². The standard InChI is InChI=1S/C14H18O2/c1-9(2)13-7-4-11(10(3)15)8-14(13)16-12-5-6-12/h4,7-9,12H,5-6H2,1-3H3. The molecule has 2 rings (SSSR count). The minimum atomic E-state index is 0.0935. The number of ether oxygens (including phenoxy) is 1. The molecule has 0 spiro atoms. The van der Waals surface area contributed by atoms with Gasteiger partial charge in [-0.15, -0.1) is 0 Å². The summed E-state index contributed by atoms with van der Waals surface area (Å²) in [6.45, 7) is 5.87. The highest BCUT2D eigenvalue weighted by Gasteiger charge is 2.25. The Bertz CT molecular complexity index is 403. The number of Topliss-reactive ketones (excluding diaryl/α,β-unsaturated/α-hetero) is 1. The van der Waals surface area contributed by atoms with Crippen LogP contribution in [0.2, 0.25) is 0 Å². The van der Waals surface area contributed by atoms with Crippen molar-refractivity contribution in [2.45, 2.75) is 45.6 Å². The van der Waals surface area contributed by atoms with Gasteiger partial charge < -0.3 is 4.74 Å². The molecule has 1 saturated carbocycles. The van der Waals surface area contributed by atoms with E-state index >= 15 is 0 Å². The van der Waals surface area contributed by atoms with Gasteiger partial charge in [0, 0.05) is 5.56 Å². The molecule has 16 heavy (non-hydrogen) atoms. The molecule has 1 aliphatic carbocycles. The fraction of sp³-hybridized carbons (Fsp3) is 0.500. The minimum Gasteiger partial charge on any atom is -0.490 e. The Morgan fingerprint density at radius 1 is 1.38 bits per heavy atom. The zero-order valence-electron chi connectivity index (χ0n) is 10.1. The third-order valence-electron chi connectivity index (χ3n) is 2.86. The minimum absolute atomic E-state index is 0.0935. The summed E-state index contributed by atoms with van der Waals surface area (Å²) in [7, 11) is 0. The smallest absolute Gasteiger partial charge is 0.159 e. The molecule has 0 heterocycles. The normalized spacial score (nSPS) is 15.2. The van der Waals surface area contributed by atoms with Crippen molar-refractivity contribution in [3.8, 4) is 5.75 Å². The lowest BCUT2D eigenvalue weighted by atomic mass is 9.99. The van der Waals surface area contributed by atoms with Crippen molar-refractivity contribution in [1.82, 2.24) is 0 Å². The Morgan fingerprint density at radius 3 is 2.56 bits per heavy atom. The predicted octanol–water partition coefficient (Wildman–Crippen LogP) is 3.55. The third kappa shape index (κ3) is 2.43. The number of rotatable bonds is 4. The summed E-state index contributed by atoms with van der Waals surface area (Å²) in [5.74, 6) is 1.41. The van der Waals surface area contributed by atoms with Gasteiger partial charge in [0.1, 0.15) is 5.75 Å². The highest BCUT2D eigenvalue weighted by Crippen LogP contribution is 2.33. The van der Waals surface area contributed by atoms with Crippen LogP contribution in [0.15, 0.2) is 18.2 Å². The van der Waals surface area contributed by atoms with Crippen LogP contribution >= 0.6 is 0 Å². The van der Waals surface area contributed by atoms with Crippen LogP contribution in [0.25, 0.3) is 0 Å². The van der Waals surface area contributed by atoms with E-state index in [1.165, 1.54) is 5.56 Å². The number of hydrogen-bond donors (Lipinski definition) is 0. The quantitative estimate of drug-likeness (QED) is 0.722. The van der Waals surface area contributed by atoms with Crippen LogP contribution in [0.1, 0.15) is 55.5 Å². The van der Waals surface area contributed by atoms with Crippen molar-refractivity contribution < 1.29 is 9.53 Å². The maximum atomic E-state index is 11.3. The zero-order valence-corrected chi connectivity index (χ0v) is 10.1. The molecule has 0 unspecified atom stereocenters. The van der Waals surface area contributed by atoms with E-state index in [-0.39, 0.29) is 5.78 Å². The van der Waals surface area contributed by atoms with E-state index in [1.807, 2.05) is 18.2 Å². The second kappa shape index (κ2) is 4.28. The lowest BCUT2D eigenvalue weighted by molar-refractivity contribution is 0.101. The molecule has 0 aliphatic heterocycles. The average Bonchev–Trinajstić information content (AvgIpc) is 3.01. The lowest BCUT2D eigenvalue weighted by Gasteiger charge is -2.14. The monoisotopic (exact) mass is 218 g/mol. The Balaban J connectivity index is 2.33. The van der Waals surface area contributed by atoms with E-state index < -0.39 is 0 Å². The zero-order chi connectivity index (χ0) is 11.7. The van der Waals surface area contributed by atoms with Gasteiger partial charge in [-0.05, 0) is 37.3 Å². The number of carbonyl (C=O) groups is 1. The molecule has 0 saturated heterocycles. The van der Waals surface area contributed by atoms with Crippen LogP contribution in [0, 0.1) is 0 Å². The number of hydrogen-bond acceptors (Lipinski definition) is 2. The van der Waals surface area contributed by atoms with Crippen molar-refractivity contribution >= 4 is 5.78 Å². The molecule has 0 bridgehead atoms. The van der Waals surface area contributed by atoms with Crippen molar-refractivity contribution in [3.63, 3.8) is 0 Å². The lowest BCUT2D eigenvalue weighted by Crippen LogP contribution is -2.03. The fourth-order valence-corrected chi connectivity index (χ4v) is 1.70. The summed E-state index contributed by atoms with van der Waals surface area (Å²) in [6.07, 6.45) is 2.66. The number of ketones is 1. The first-order valence-electron chi connectivity index (χ1n) is 5.89. The van der Waals surface area contributed by atoms with Gasteiger partial charge in [0.2, 0.25) is 0 Å². The summed E-state index contributed by atoms with van der Waals surface area (Å²) in [6, 6.07) is 5.78. The predicted molar refractivity (Wildman–Crippen MR) is 64.2 cm³/mol. The Hall–Kier alpha value is -1.31. The van der Waals surface area contributed by atoms with Gasteiger partial charge in [0.05, 0.1) is 6.10 Å². The van der Waals surface area contributed by atoms with E-state index in [2.05, 4.69) is 13.8 Å². The molecule has 1 fully saturated rings. The molecule has 0 atom stereocenters. The van der Waals surface area contributed by atoms with E-state index in [9.17, 15) is 4.79 Å². The van der Waals surface area contributed by atoms with Crippen molar-refractivity contribution in [2.24, 2.45) is 0 Å². The van der Waals surface area contributed by atoms with E-state index in [1.54, 1.807) is 6.92 Å². The summed E-state index contributed by atoms with van der Waals surface area (Å²) < 4.78 is 5.86. The maximum absolute atomic E-state index is 11.3. The van der Waals surface area contributed by atoms with Gasteiger partial charge >= 0.3 is 0 Å². The molecular weight excluding hydrogens is 200 g/mol. The average molecular weight is 218 g/mol. The van der Waals surface area contributed by atoms with Crippen LogP contribution in [0.3, 0.4) is 0 Å². The van der Waals surface area contributed by atoms with Crippen LogP contribution in [-0.2, 0) is 0 Å². The van der Waals surface area contributed by atoms with Crippen LogP contribution in [0.4, 0.5) is 0 Å². The second-order valence-corrected chi connectivity index (χ2v) is 4.78. The topological polar surface area (TPSA) is 26.3 Å². The molecule has 0 amide bonds. The molecule has 0 radical (unpaired) electrons. The number of carbonyl (C=O) groups excluding carboxylic acids is 1. The summed E-state index contributed by atoms with van der Waals surface area (Å²) in [5.41, 5.74) is 1.93. The molecule has 1 aromatic carbocycles. The molecule has 1 aromatic rings. The van der Waals surface area contributed by atoms with Crippen molar-refractivity contribution in [3.05, 3.63) is 29.3 Å². The molecular formula is C14H18O2. The molecule has 0 aromatic heterocycles. The van der Waals surface area contributed by atoms with Gasteiger partial charge in [-0.25, -0.2) is 0 Å². The Kier molecular flexibility index (Phi) is 2.99.